The van der Waals surface area contributed by atoms with Crippen molar-refractivity contribution < 1.29 is 14.4 Å². The van der Waals surface area contributed by atoms with Gasteiger partial charge in [0.1, 0.15) is 0 Å². The van der Waals surface area contributed by atoms with Crippen LogP contribution in [0.4, 0.5) is 11.4 Å². The number of allylic oxidation sites excluding steroid dienone is 2. The average Bonchev–Trinajstić information content (AvgIpc) is 3.17. The number of rotatable bonds is 4. The Hall–Kier alpha value is -3.02. The average molecular weight is 366 g/mol. The summed E-state index contributed by atoms with van der Waals surface area (Å²) in [5.74, 6) is 1.61. The first kappa shape index (κ1) is 17.4. The Bertz CT molecular complexity index is 938. The van der Waals surface area contributed by atoms with E-state index < -0.39 is 0 Å². The molecule has 2 aromatic rings. The van der Waals surface area contributed by atoms with Crippen LogP contribution in [0.2, 0.25) is 0 Å². The van der Waals surface area contributed by atoms with Gasteiger partial charge in [-0.05, 0) is 42.5 Å². The van der Waals surface area contributed by atoms with E-state index in [-0.39, 0.29) is 28.5 Å². The number of fused-ring (bicyclic) bond motifs is 3. The van der Waals surface area contributed by atoms with Crippen molar-refractivity contribution >= 4 is 11.4 Å². The molecule has 140 valence electrons. The number of hydrogen-bond acceptors (Lipinski definition) is 5. The molecule has 0 saturated carbocycles. The van der Waals surface area contributed by atoms with Gasteiger partial charge in [-0.3, -0.25) is 10.1 Å². The summed E-state index contributed by atoms with van der Waals surface area (Å²) in [6.07, 6.45) is 5.12. The molecule has 1 N–H and O–H groups in total. The molecule has 4 rings (SSSR count). The van der Waals surface area contributed by atoms with Crippen LogP contribution in [0.15, 0.2) is 42.5 Å². The molecule has 0 spiro atoms. The van der Waals surface area contributed by atoms with Gasteiger partial charge in [0.2, 0.25) is 0 Å². The van der Waals surface area contributed by atoms with Gasteiger partial charge in [0.05, 0.1) is 30.7 Å². The Balaban J connectivity index is 1.83. The summed E-state index contributed by atoms with van der Waals surface area (Å²) in [7, 11) is 3.24. The molecule has 1 aliphatic heterocycles. The third kappa shape index (κ3) is 2.72. The molecule has 1 heterocycles. The zero-order valence-electron chi connectivity index (χ0n) is 15.6. The number of nitrogens with zero attached hydrogens (tertiary/aromatic N) is 1. The number of nitrogens with one attached hydrogen (secondary N) is 1. The molecule has 0 aromatic heterocycles. The number of aryl methyl sites for hydroxylation is 1. The van der Waals surface area contributed by atoms with E-state index in [1.54, 1.807) is 20.3 Å². The summed E-state index contributed by atoms with van der Waals surface area (Å²) in [5, 5.41) is 15.2. The monoisotopic (exact) mass is 366 g/mol. The summed E-state index contributed by atoms with van der Waals surface area (Å²) in [5.41, 5.74) is 3.96. The molecule has 0 bridgehead atoms. The largest absolute Gasteiger partial charge is 0.493 e. The van der Waals surface area contributed by atoms with Crippen molar-refractivity contribution in [3.05, 3.63) is 69.3 Å². The fourth-order valence-corrected chi connectivity index (χ4v) is 4.37. The van der Waals surface area contributed by atoms with Gasteiger partial charge in [-0.15, -0.1) is 0 Å². The van der Waals surface area contributed by atoms with Crippen LogP contribution in [0.5, 0.6) is 11.5 Å². The second-order valence-electron chi connectivity index (χ2n) is 7.04. The Morgan fingerprint density at radius 3 is 2.63 bits per heavy atom. The van der Waals surface area contributed by atoms with E-state index in [2.05, 4.69) is 17.5 Å². The van der Waals surface area contributed by atoms with Crippen LogP contribution >= 0.6 is 0 Å². The highest BCUT2D eigenvalue weighted by molar-refractivity contribution is 5.70. The van der Waals surface area contributed by atoms with Gasteiger partial charge in [0, 0.05) is 17.7 Å². The topological polar surface area (TPSA) is 73.6 Å². The SMILES string of the molecule is COc1ccc(C2Nc3c(C)ccc([N+](=O)[O-])c3C3C=CCC32)cc1OC. The number of nitro groups is 1. The molecular weight excluding hydrogens is 344 g/mol. The molecule has 6 heteroatoms. The molecule has 2 aromatic carbocycles. The van der Waals surface area contributed by atoms with Gasteiger partial charge in [-0.25, -0.2) is 0 Å². The van der Waals surface area contributed by atoms with E-state index in [0.29, 0.717) is 11.5 Å². The van der Waals surface area contributed by atoms with Crippen LogP contribution in [0.1, 0.15) is 35.1 Å². The number of methoxy groups -OCH3 is 2. The van der Waals surface area contributed by atoms with Crippen LogP contribution < -0.4 is 14.8 Å². The zero-order chi connectivity index (χ0) is 19.1. The summed E-state index contributed by atoms with van der Waals surface area (Å²) in [4.78, 5) is 11.3. The van der Waals surface area contributed by atoms with E-state index in [0.717, 1.165) is 28.8 Å². The summed E-state index contributed by atoms with van der Waals surface area (Å²) in [6.45, 7) is 1.99. The summed E-state index contributed by atoms with van der Waals surface area (Å²) >= 11 is 0. The van der Waals surface area contributed by atoms with Crippen molar-refractivity contribution in [2.75, 3.05) is 19.5 Å². The van der Waals surface area contributed by atoms with Crippen molar-refractivity contribution in [2.45, 2.75) is 25.3 Å². The molecule has 27 heavy (non-hydrogen) atoms. The maximum Gasteiger partial charge on any atom is 0.275 e. The highest BCUT2D eigenvalue weighted by atomic mass is 16.6. The minimum Gasteiger partial charge on any atom is -0.493 e. The molecule has 0 radical (unpaired) electrons. The van der Waals surface area contributed by atoms with Crippen molar-refractivity contribution in [3.8, 4) is 11.5 Å². The molecule has 2 aliphatic rings. The first-order valence-electron chi connectivity index (χ1n) is 8.98. The fraction of sp³-hybridized carbons (Fsp3) is 0.333. The van der Waals surface area contributed by atoms with Crippen molar-refractivity contribution in [1.29, 1.82) is 0 Å². The molecule has 1 aliphatic carbocycles. The van der Waals surface area contributed by atoms with Crippen LogP contribution in [0.25, 0.3) is 0 Å². The predicted octanol–water partition coefficient (Wildman–Crippen LogP) is 4.75. The van der Waals surface area contributed by atoms with Crippen molar-refractivity contribution in [3.63, 3.8) is 0 Å². The normalized spacial score (nSPS) is 22.6. The van der Waals surface area contributed by atoms with E-state index in [1.807, 2.05) is 31.2 Å². The standard InChI is InChI=1S/C21H22N2O4/c1-12-7-9-16(23(24)25)19-14-5-4-6-15(14)21(22-20(12)19)13-8-10-17(26-2)18(11-13)27-3/h4-5,7-11,14-15,21-22H,6H2,1-3H3. The third-order valence-corrected chi connectivity index (χ3v) is 5.67. The Labute approximate surface area is 158 Å². The van der Waals surface area contributed by atoms with E-state index in [4.69, 9.17) is 9.47 Å². The lowest BCUT2D eigenvalue weighted by Crippen LogP contribution is -2.30. The summed E-state index contributed by atoms with van der Waals surface area (Å²) in [6, 6.07) is 9.40. The molecular formula is C21H22N2O4. The highest BCUT2D eigenvalue weighted by Crippen LogP contribution is 2.53. The van der Waals surface area contributed by atoms with E-state index in [1.165, 1.54) is 0 Å². The first-order valence-corrected chi connectivity index (χ1v) is 8.98. The van der Waals surface area contributed by atoms with Gasteiger partial charge >= 0.3 is 0 Å². The van der Waals surface area contributed by atoms with E-state index >= 15 is 0 Å². The minimum absolute atomic E-state index is 0.0275. The van der Waals surface area contributed by atoms with Gasteiger partial charge in [0.25, 0.3) is 5.69 Å². The second-order valence-corrected chi connectivity index (χ2v) is 7.04. The number of benzene rings is 2. The van der Waals surface area contributed by atoms with E-state index in [9.17, 15) is 10.1 Å². The molecule has 0 amide bonds. The fourth-order valence-electron chi connectivity index (χ4n) is 4.37. The number of ether oxygens (including phenoxy) is 2. The lowest BCUT2D eigenvalue weighted by molar-refractivity contribution is -0.385. The minimum atomic E-state index is -0.278. The number of anilines is 1. The second kappa shape index (κ2) is 6.61. The van der Waals surface area contributed by atoms with Gasteiger partial charge in [0.15, 0.2) is 11.5 Å². The van der Waals surface area contributed by atoms with Gasteiger partial charge in [-0.2, -0.15) is 0 Å². The molecule has 3 atom stereocenters. The molecule has 3 unspecified atom stereocenters. The smallest absolute Gasteiger partial charge is 0.275 e. The summed E-state index contributed by atoms with van der Waals surface area (Å²) < 4.78 is 10.8. The van der Waals surface area contributed by atoms with Crippen molar-refractivity contribution in [2.24, 2.45) is 5.92 Å². The van der Waals surface area contributed by atoms with Crippen LogP contribution in [-0.2, 0) is 0 Å². The maximum atomic E-state index is 11.6. The first-order chi connectivity index (χ1) is 13.0. The number of nitro benzene ring substituents is 1. The van der Waals surface area contributed by atoms with Gasteiger partial charge in [-0.1, -0.05) is 24.3 Å². The lowest BCUT2D eigenvalue weighted by atomic mass is 9.75. The van der Waals surface area contributed by atoms with Gasteiger partial charge < -0.3 is 14.8 Å². The van der Waals surface area contributed by atoms with Crippen molar-refractivity contribution in [1.82, 2.24) is 0 Å². The van der Waals surface area contributed by atoms with Crippen LogP contribution in [0.3, 0.4) is 0 Å². The number of hydrogen-bond donors (Lipinski definition) is 1. The van der Waals surface area contributed by atoms with Crippen LogP contribution in [0, 0.1) is 23.0 Å². The molecule has 6 nitrogen and oxygen atoms in total. The third-order valence-electron chi connectivity index (χ3n) is 5.67. The Morgan fingerprint density at radius 1 is 1.15 bits per heavy atom. The predicted molar refractivity (Wildman–Crippen MR) is 104 cm³/mol. The highest BCUT2D eigenvalue weighted by Gasteiger charge is 2.42. The quantitative estimate of drug-likeness (QED) is 0.480. The lowest BCUT2D eigenvalue weighted by Gasteiger charge is -2.38. The molecule has 0 saturated heterocycles. The Kier molecular flexibility index (Phi) is 4.26. The molecule has 0 fully saturated rings. The Morgan fingerprint density at radius 2 is 1.93 bits per heavy atom. The zero-order valence-corrected chi connectivity index (χ0v) is 15.6. The maximum absolute atomic E-state index is 11.6. The van der Waals surface area contributed by atoms with Crippen LogP contribution in [-0.4, -0.2) is 19.1 Å².